The fourth-order valence-corrected chi connectivity index (χ4v) is 2.45. The highest BCUT2D eigenvalue weighted by molar-refractivity contribution is 7.80. The van der Waals surface area contributed by atoms with Crippen LogP contribution in [-0.2, 0) is 6.42 Å². The van der Waals surface area contributed by atoms with E-state index in [4.69, 9.17) is 0 Å². The van der Waals surface area contributed by atoms with Crippen molar-refractivity contribution >= 4 is 34.2 Å². The molecule has 3 heteroatoms. The minimum absolute atomic E-state index is 0.875. The fraction of sp³-hybridized carbons (Fsp3) is 0.222. The Hall–Kier alpha value is -0.540. The minimum Gasteiger partial charge on any atom is -0.241 e. The van der Waals surface area contributed by atoms with E-state index in [9.17, 15) is 0 Å². The summed E-state index contributed by atoms with van der Waals surface area (Å²) in [7, 11) is 0. The number of aryl methyl sites for hydroxylation is 1. The Balaban J connectivity index is 2.47. The molecule has 1 aromatic carbocycles. The summed E-state index contributed by atoms with van der Waals surface area (Å²) in [4.78, 5) is 4.47. The van der Waals surface area contributed by atoms with E-state index in [1.54, 1.807) is 11.3 Å². The summed E-state index contributed by atoms with van der Waals surface area (Å²) in [6.45, 7) is 0. The number of para-hydroxylation sites is 1. The first-order valence-electron chi connectivity index (χ1n) is 3.85. The van der Waals surface area contributed by atoms with Crippen molar-refractivity contribution in [2.45, 2.75) is 6.42 Å². The maximum absolute atomic E-state index is 4.47. The van der Waals surface area contributed by atoms with Crippen molar-refractivity contribution in [3.8, 4) is 0 Å². The van der Waals surface area contributed by atoms with Crippen LogP contribution in [0.2, 0.25) is 0 Å². The maximum Gasteiger partial charge on any atom is 0.0946 e. The van der Waals surface area contributed by atoms with Gasteiger partial charge in [-0.2, -0.15) is 12.6 Å². The number of thiol groups is 1. The zero-order valence-electron chi connectivity index (χ0n) is 6.53. The lowest BCUT2D eigenvalue weighted by atomic mass is 10.3. The molecule has 0 N–H and O–H groups in total. The molecule has 1 nitrogen and oxygen atoms in total. The van der Waals surface area contributed by atoms with E-state index < -0.39 is 0 Å². The third kappa shape index (κ3) is 1.47. The Bertz CT molecular complexity index is 348. The molecule has 0 amide bonds. The van der Waals surface area contributed by atoms with Crippen molar-refractivity contribution in [3.63, 3.8) is 0 Å². The number of aromatic nitrogens is 1. The van der Waals surface area contributed by atoms with Gasteiger partial charge in [0.1, 0.15) is 0 Å². The highest BCUT2D eigenvalue weighted by atomic mass is 32.1. The monoisotopic (exact) mass is 195 g/mol. The van der Waals surface area contributed by atoms with Crippen molar-refractivity contribution in [1.29, 1.82) is 0 Å². The zero-order chi connectivity index (χ0) is 8.39. The summed E-state index contributed by atoms with van der Waals surface area (Å²) in [6, 6.07) is 8.22. The molecule has 2 rings (SSSR count). The molecular weight excluding hydrogens is 186 g/mol. The fourth-order valence-electron chi connectivity index (χ4n) is 1.12. The summed E-state index contributed by atoms with van der Waals surface area (Å²) in [5.41, 5.74) is 1.11. The van der Waals surface area contributed by atoms with Crippen LogP contribution in [0.15, 0.2) is 24.3 Å². The van der Waals surface area contributed by atoms with E-state index in [0.29, 0.717) is 0 Å². The van der Waals surface area contributed by atoms with Gasteiger partial charge in [0.15, 0.2) is 0 Å². The molecule has 1 heterocycles. The average Bonchev–Trinajstić information content (AvgIpc) is 2.47. The molecule has 1 aromatic heterocycles. The molecule has 0 aliphatic rings. The number of nitrogens with zero attached hydrogens (tertiary/aromatic N) is 1. The topological polar surface area (TPSA) is 12.9 Å². The zero-order valence-corrected chi connectivity index (χ0v) is 8.24. The molecule has 2 aromatic rings. The van der Waals surface area contributed by atoms with Gasteiger partial charge in [0, 0.05) is 6.42 Å². The largest absolute Gasteiger partial charge is 0.241 e. The van der Waals surface area contributed by atoms with Crippen molar-refractivity contribution in [1.82, 2.24) is 4.98 Å². The lowest BCUT2D eigenvalue weighted by molar-refractivity contribution is 1.13. The van der Waals surface area contributed by atoms with Gasteiger partial charge in [-0.25, -0.2) is 4.98 Å². The van der Waals surface area contributed by atoms with Crippen LogP contribution < -0.4 is 0 Å². The van der Waals surface area contributed by atoms with E-state index >= 15 is 0 Å². The Kier molecular flexibility index (Phi) is 2.33. The maximum atomic E-state index is 4.47. The van der Waals surface area contributed by atoms with E-state index in [0.717, 1.165) is 17.7 Å². The molecule has 0 fully saturated rings. The highest BCUT2D eigenvalue weighted by Crippen LogP contribution is 2.21. The van der Waals surface area contributed by atoms with E-state index in [1.807, 2.05) is 18.2 Å². The lowest BCUT2D eigenvalue weighted by Crippen LogP contribution is -1.82. The van der Waals surface area contributed by atoms with Gasteiger partial charge >= 0.3 is 0 Å². The molecule has 0 aliphatic carbocycles. The Morgan fingerprint density at radius 2 is 2.17 bits per heavy atom. The van der Waals surface area contributed by atoms with Crippen molar-refractivity contribution in [3.05, 3.63) is 29.3 Å². The van der Waals surface area contributed by atoms with Crippen LogP contribution in [0.3, 0.4) is 0 Å². The summed E-state index contributed by atoms with van der Waals surface area (Å²) in [6.07, 6.45) is 0.975. The van der Waals surface area contributed by atoms with Gasteiger partial charge in [-0.05, 0) is 17.9 Å². The van der Waals surface area contributed by atoms with Crippen LogP contribution in [0, 0.1) is 0 Å². The number of benzene rings is 1. The molecule has 0 spiro atoms. The minimum atomic E-state index is 0.875. The number of hydrogen-bond donors (Lipinski definition) is 1. The van der Waals surface area contributed by atoms with Crippen LogP contribution in [-0.4, -0.2) is 10.7 Å². The summed E-state index contributed by atoms with van der Waals surface area (Å²) < 4.78 is 1.27. The smallest absolute Gasteiger partial charge is 0.0946 e. The molecular formula is C9H9NS2. The van der Waals surface area contributed by atoms with Crippen LogP contribution >= 0.6 is 24.0 Å². The van der Waals surface area contributed by atoms with E-state index in [2.05, 4.69) is 23.7 Å². The van der Waals surface area contributed by atoms with Gasteiger partial charge in [-0.1, -0.05) is 12.1 Å². The van der Waals surface area contributed by atoms with Gasteiger partial charge < -0.3 is 0 Å². The molecule has 0 radical (unpaired) electrons. The number of fused-ring (bicyclic) bond motifs is 1. The molecule has 0 unspecified atom stereocenters. The molecule has 62 valence electrons. The first-order valence-corrected chi connectivity index (χ1v) is 5.30. The second-order valence-electron chi connectivity index (χ2n) is 2.55. The molecule has 0 aliphatic heterocycles. The van der Waals surface area contributed by atoms with Crippen molar-refractivity contribution in [2.75, 3.05) is 5.75 Å². The molecule has 0 saturated heterocycles. The highest BCUT2D eigenvalue weighted by Gasteiger charge is 2.00. The van der Waals surface area contributed by atoms with Gasteiger partial charge in [0.25, 0.3) is 0 Å². The van der Waals surface area contributed by atoms with Crippen molar-refractivity contribution in [2.24, 2.45) is 0 Å². The number of rotatable bonds is 2. The molecule has 12 heavy (non-hydrogen) atoms. The van der Waals surface area contributed by atoms with Crippen LogP contribution in [0.4, 0.5) is 0 Å². The third-order valence-corrected chi connectivity index (χ3v) is 2.98. The Labute approximate surface area is 80.9 Å². The number of thiazole rings is 1. The SMILES string of the molecule is SCCc1nc2ccccc2s1. The standard InChI is InChI=1S/C9H9NS2/c11-6-5-9-10-7-3-1-2-4-8(7)12-9/h1-4,11H,5-6H2. The van der Waals surface area contributed by atoms with Gasteiger partial charge in [0.05, 0.1) is 15.2 Å². The van der Waals surface area contributed by atoms with Crippen LogP contribution in [0.1, 0.15) is 5.01 Å². The van der Waals surface area contributed by atoms with E-state index in [1.165, 1.54) is 9.71 Å². The summed E-state index contributed by atoms with van der Waals surface area (Å²) in [5.74, 6) is 0.875. The van der Waals surface area contributed by atoms with Crippen LogP contribution in [0.25, 0.3) is 10.2 Å². The second kappa shape index (κ2) is 3.46. The molecule has 0 atom stereocenters. The normalized spacial score (nSPS) is 10.8. The quantitative estimate of drug-likeness (QED) is 0.727. The van der Waals surface area contributed by atoms with Crippen molar-refractivity contribution < 1.29 is 0 Å². The van der Waals surface area contributed by atoms with Crippen LogP contribution in [0.5, 0.6) is 0 Å². The van der Waals surface area contributed by atoms with E-state index in [-0.39, 0.29) is 0 Å². The summed E-state index contributed by atoms with van der Waals surface area (Å²) >= 11 is 5.94. The van der Waals surface area contributed by atoms with Gasteiger partial charge in [0.2, 0.25) is 0 Å². The second-order valence-corrected chi connectivity index (χ2v) is 4.11. The average molecular weight is 195 g/mol. The Morgan fingerprint density at radius 3 is 2.92 bits per heavy atom. The van der Waals surface area contributed by atoms with Gasteiger partial charge in [-0.3, -0.25) is 0 Å². The lowest BCUT2D eigenvalue weighted by Gasteiger charge is -1.84. The third-order valence-electron chi connectivity index (χ3n) is 1.66. The molecule has 0 saturated carbocycles. The number of hydrogen-bond acceptors (Lipinski definition) is 3. The first kappa shape index (κ1) is 8.08. The first-order chi connectivity index (χ1) is 5.90. The van der Waals surface area contributed by atoms with Gasteiger partial charge in [-0.15, -0.1) is 11.3 Å². The predicted molar refractivity (Wildman–Crippen MR) is 57.2 cm³/mol. The molecule has 0 bridgehead atoms. The summed E-state index contributed by atoms with van der Waals surface area (Å²) in [5, 5.41) is 1.19. The Morgan fingerprint density at radius 1 is 1.33 bits per heavy atom. The predicted octanol–water partition coefficient (Wildman–Crippen LogP) is 2.77.